The average molecular weight is 317 g/mol. The first-order valence-corrected chi connectivity index (χ1v) is 7.59. The summed E-state index contributed by atoms with van der Waals surface area (Å²) in [6.45, 7) is 2.67. The van der Waals surface area contributed by atoms with Gasteiger partial charge in [-0.3, -0.25) is 9.78 Å². The van der Waals surface area contributed by atoms with Gasteiger partial charge in [0.15, 0.2) is 6.39 Å². The first-order valence-electron chi connectivity index (χ1n) is 7.59. The number of ether oxygens (including phenoxy) is 1. The average Bonchev–Trinajstić information content (AvgIpc) is 2.91. The molecule has 1 N–H and O–H groups in total. The number of pyridine rings is 1. The van der Waals surface area contributed by atoms with Crippen LogP contribution in [0.1, 0.15) is 29.1 Å². The van der Waals surface area contributed by atoms with Crippen molar-refractivity contribution in [2.75, 3.05) is 13.1 Å². The van der Waals surface area contributed by atoms with E-state index in [-0.39, 0.29) is 17.8 Å². The molecule has 2 aromatic rings. The van der Waals surface area contributed by atoms with Gasteiger partial charge in [-0.1, -0.05) is 0 Å². The van der Waals surface area contributed by atoms with Crippen molar-refractivity contribution in [3.63, 3.8) is 0 Å². The van der Waals surface area contributed by atoms with E-state index in [9.17, 15) is 9.90 Å². The molecule has 0 bridgehead atoms. The molecule has 3 rings (SSSR count). The Bertz CT molecular complexity index is 658. The summed E-state index contributed by atoms with van der Waals surface area (Å²) >= 11 is 0. The summed E-state index contributed by atoms with van der Waals surface area (Å²) in [5.74, 6) is 0.669. The van der Waals surface area contributed by atoms with Crippen LogP contribution in [-0.2, 0) is 0 Å². The minimum atomic E-state index is -0.635. The fourth-order valence-corrected chi connectivity index (χ4v) is 2.64. The molecule has 2 aromatic heterocycles. The van der Waals surface area contributed by atoms with Crippen LogP contribution in [0, 0.1) is 6.92 Å². The number of nitrogens with zero attached hydrogens (tertiary/aromatic N) is 3. The number of oxazole rings is 1. The van der Waals surface area contributed by atoms with E-state index < -0.39 is 6.10 Å². The number of rotatable bonds is 3. The molecular formula is C16H19N3O4. The molecule has 0 unspecified atom stereocenters. The second kappa shape index (κ2) is 6.78. The number of carbonyl (C=O) groups is 1. The van der Waals surface area contributed by atoms with Crippen LogP contribution in [0.25, 0.3) is 0 Å². The largest absolute Gasteiger partial charge is 0.486 e. The first kappa shape index (κ1) is 15.5. The maximum Gasteiger partial charge on any atom is 0.291 e. The summed E-state index contributed by atoms with van der Waals surface area (Å²) in [5, 5.41) is 10.3. The molecule has 3 heterocycles. The molecular weight excluding hydrogens is 298 g/mol. The summed E-state index contributed by atoms with van der Waals surface area (Å²) in [6.07, 6.45) is 4.52. The molecule has 0 aromatic carbocycles. The Labute approximate surface area is 133 Å². The lowest BCUT2D eigenvalue weighted by Crippen LogP contribution is -2.32. The van der Waals surface area contributed by atoms with Crippen LogP contribution < -0.4 is 4.74 Å². The van der Waals surface area contributed by atoms with Crippen molar-refractivity contribution in [1.29, 1.82) is 0 Å². The van der Waals surface area contributed by atoms with Crippen molar-refractivity contribution in [2.45, 2.75) is 32.0 Å². The van der Waals surface area contributed by atoms with Crippen LogP contribution >= 0.6 is 0 Å². The third-order valence-electron chi connectivity index (χ3n) is 3.96. The highest BCUT2D eigenvalue weighted by Crippen LogP contribution is 2.20. The van der Waals surface area contributed by atoms with Crippen molar-refractivity contribution >= 4 is 5.91 Å². The fourth-order valence-electron chi connectivity index (χ4n) is 2.64. The Balaban J connectivity index is 1.66. The molecule has 7 heteroatoms. The SMILES string of the molecule is Cc1ncoc1C(=O)N1CC[C@H](Oc2cccnc2)[C@@H](O)CC1. The second-order valence-corrected chi connectivity index (χ2v) is 5.55. The predicted molar refractivity (Wildman–Crippen MR) is 81.0 cm³/mol. The molecule has 1 fully saturated rings. The molecule has 0 saturated carbocycles. The van der Waals surface area contributed by atoms with Gasteiger partial charge in [0, 0.05) is 25.7 Å². The summed E-state index contributed by atoms with van der Waals surface area (Å²) in [4.78, 5) is 22.1. The Kier molecular flexibility index (Phi) is 4.57. The molecule has 23 heavy (non-hydrogen) atoms. The van der Waals surface area contributed by atoms with Gasteiger partial charge in [0.2, 0.25) is 5.76 Å². The lowest BCUT2D eigenvalue weighted by atomic mass is 10.1. The monoisotopic (exact) mass is 317 g/mol. The highest BCUT2D eigenvalue weighted by Gasteiger charge is 2.30. The predicted octanol–water partition coefficient (Wildman–Crippen LogP) is 1.42. The normalized spacial score (nSPS) is 21.7. The van der Waals surface area contributed by atoms with Crippen LogP contribution in [0.5, 0.6) is 5.75 Å². The molecule has 7 nitrogen and oxygen atoms in total. The maximum absolute atomic E-state index is 12.5. The van der Waals surface area contributed by atoms with Gasteiger partial charge in [0.1, 0.15) is 11.9 Å². The van der Waals surface area contributed by atoms with Gasteiger partial charge >= 0.3 is 0 Å². The van der Waals surface area contributed by atoms with Crippen molar-refractivity contribution in [2.24, 2.45) is 0 Å². The van der Waals surface area contributed by atoms with Gasteiger partial charge in [-0.25, -0.2) is 4.98 Å². The van der Waals surface area contributed by atoms with Gasteiger partial charge in [0.25, 0.3) is 5.91 Å². The van der Waals surface area contributed by atoms with Gasteiger partial charge in [-0.2, -0.15) is 0 Å². The molecule has 122 valence electrons. The lowest BCUT2D eigenvalue weighted by molar-refractivity contribution is 0.0348. The number of aliphatic hydroxyl groups is 1. The van der Waals surface area contributed by atoms with Gasteiger partial charge in [0.05, 0.1) is 18.0 Å². The number of amides is 1. The van der Waals surface area contributed by atoms with Gasteiger partial charge in [-0.05, 0) is 25.5 Å². The molecule has 0 radical (unpaired) electrons. The van der Waals surface area contributed by atoms with Gasteiger partial charge in [-0.15, -0.1) is 0 Å². The summed E-state index contributed by atoms with van der Waals surface area (Å²) in [5.41, 5.74) is 0.572. The molecule has 0 spiro atoms. The van der Waals surface area contributed by atoms with E-state index in [1.54, 1.807) is 36.4 Å². The molecule has 2 atom stereocenters. The Morgan fingerprint density at radius 3 is 2.96 bits per heavy atom. The lowest BCUT2D eigenvalue weighted by Gasteiger charge is -2.21. The molecule has 1 saturated heterocycles. The van der Waals surface area contributed by atoms with Crippen molar-refractivity contribution in [3.8, 4) is 5.75 Å². The van der Waals surface area contributed by atoms with Crippen molar-refractivity contribution < 1.29 is 19.1 Å². The smallest absolute Gasteiger partial charge is 0.291 e. The van der Waals surface area contributed by atoms with E-state index in [2.05, 4.69) is 9.97 Å². The molecule has 1 aliphatic rings. The van der Waals surface area contributed by atoms with Crippen molar-refractivity contribution in [1.82, 2.24) is 14.9 Å². The van der Waals surface area contributed by atoms with E-state index in [4.69, 9.17) is 9.15 Å². The number of hydrogen-bond acceptors (Lipinski definition) is 6. The minimum Gasteiger partial charge on any atom is -0.486 e. The Morgan fingerprint density at radius 2 is 2.26 bits per heavy atom. The van der Waals surface area contributed by atoms with E-state index in [0.717, 1.165) is 0 Å². The zero-order valence-corrected chi connectivity index (χ0v) is 12.9. The fraction of sp³-hybridized carbons (Fsp3) is 0.438. The number of aliphatic hydroxyl groups excluding tert-OH is 1. The maximum atomic E-state index is 12.5. The quantitative estimate of drug-likeness (QED) is 0.921. The highest BCUT2D eigenvalue weighted by atomic mass is 16.5. The molecule has 1 aliphatic heterocycles. The first-order chi connectivity index (χ1) is 11.1. The van der Waals surface area contributed by atoms with Gasteiger partial charge < -0.3 is 19.2 Å². The standard InChI is InChI=1S/C16H19N3O4/c1-11-15(22-10-18-11)16(21)19-7-4-13(20)14(5-8-19)23-12-3-2-6-17-9-12/h2-3,6,9-10,13-14,20H,4-5,7-8H2,1H3/t13-,14-/m0/s1. The van der Waals surface area contributed by atoms with E-state index in [1.807, 2.05) is 0 Å². The second-order valence-electron chi connectivity index (χ2n) is 5.55. The zero-order chi connectivity index (χ0) is 16.2. The Morgan fingerprint density at radius 1 is 1.43 bits per heavy atom. The van der Waals surface area contributed by atoms with E-state index >= 15 is 0 Å². The van der Waals surface area contributed by atoms with Crippen LogP contribution in [0.15, 0.2) is 35.3 Å². The van der Waals surface area contributed by atoms with Crippen LogP contribution in [0.4, 0.5) is 0 Å². The number of aromatic nitrogens is 2. The van der Waals surface area contributed by atoms with Crippen LogP contribution in [0.3, 0.4) is 0 Å². The Hall–Kier alpha value is -2.41. The number of carbonyl (C=O) groups excluding carboxylic acids is 1. The third kappa shape index (κ3) is 3.50. The van der Waals surface area contributed by atoms with E-state index in [0.29, 0.717) is 37.4 Å². The molecule has 0 aliphatic carbocycles. The highest BCUT2D eigenvalue weighted by molar-refractivity contribution is 5.92. The third-order valence-corrected chi connectivity index (χ3v) is 3.96. The van der Waals surface area contributed by atoms with Crippen molar-refractivity contribution in [3.05, 3.63) is 42.4 Å². The van der Waals surface area contributed by atoms with E-state index in [1.165, 1.54) is 6.39 Å². The number of likely N-dealkylation sites (tertiary alicyclic amines) is 1. The number of hydrogen-bond donors (Lipinski definition) is 1. The summed E-state index contributed by atoms with van der Waals surface area (Å²) in [6, 6.07) is 3.58. The summed E-state index contributed by atoms with van der Waals surface area (Å²) in [7, 11) is 0. The zero-order valence-electron chi connectivity index (χ0n) is 12.9. The van der Waals surface area contributed by atoms with Crippen LogP contribution in [-0.4, -0.2) is 51.2 Å². The van der Waals surface area contributed by atoms with Crippen LogP contribution in [0.2, 0.25) is 0 Å². The topological polar surface area (TPSA) is 88.7 Å². The molecule has 1 amide bonds. The minimum absolute atomic E-state index is 0.200. The number of aryl methyl sites for hydroxylation is 1. The summed E-state index contributed by atoms with van der Waals surface area (Å²) < 4.78 is 11.0.